The second kappa shape index (κ2) is 7.00. The predicted octanol–water partition coefficient (Wildman–Crippen LogP) is 2.65. The molecule has 0 spiro atoms. The van der Waals surface area contributed by atoms with Crippen LogP contribution in [-0.2, 0) is 30.5 Å². The minimum absolute atomic E-state index is 0.00774. The molecule has 0 radical (unpaired) electrons. The van der Waals surface area contributed by atoms with E-state index < -0.39 is 17.8 Å². The fourth-order valence-electron chi connectivity index (χ4n) is 2.69. The standard InChI is InChI=1S/C16H19F3N4O3/c1-9(2)12-6-10(26-22-12)7-20-13(24)8-23-15-11(4-3-5-25-15)14(21-23)16(17,18)19/h6,9H,3-5,7-8H2,1-2H3,(H,20,24). The van der Waals surface area contributed by atoms with Gasteiger partial charge in [0.05, 0.1) is 18.8 Å². The van der Waals surface area contributed by atoms with E-state index in [1.807, 2.05) is 13.8 Å². The van der Waals surface area contributed by atoms with Gasteiger partial charge in [0.2, 0.25) is 11.8 Å². The van der Waals surface area contributed by atoms with E-state index in [1.165, 1.54) is 0 Å². The van der Waals surface area contributed by atoms with E-state index in [4.69, 9.17) is 9.26 Å². The van der Waals surface area contributed by atoms with Crippen molar-refractivity contribution in [2.45, 2.75) is 51.9 Å². The number of fused-ring (bicyclic) bond motifs is 1. The zero-order valence-electron chi connectivity index (χ0n) is 14.4. The molecule has 0 aliphatic carbocycles. The summed E-state index contributed by atoms with van der Waals surface area (Å²) < 4.78 is 50.7. The zero-order valence-corrected chi connectivity index (χ0v) is 14.4. The van der Waals surface area contributed by atoms with E-state index in [2.05, 4.69) is 15.6 Å². The highest BCUT2D eigenvalue weighted by Crippen LogP contribution is 2.37. The van der Waals surface area contributed by atoms with Crippen LogP contribution in [0.1, 0.15) is 48.9 Å². The van der Waals surface area contributed by atoms with Crippen LogP contribution >= 0.6 is 0 Å². The number of amides is 1. The Labute approximate surface area is 147 Å². The lowest BCUT2D eigenvalue weighted by molar-refractivity contribution is -0.142. The number of hydrogen-bond acceptors (Lipinski definition) is 5. The highest BCUT2D eigenvalue weighted by Gasteiger charge is 2.40. The van der Waals surface area contributed by atoms with Gasteiger partial charge in [-0.2, -0.15) is 18.3 Å². The lowest BCUT2D eigenvalue weighted by Gasteiger charge is -2.15. The lowest BCUT2D eigenvalue weighted by atomic mass is 10.1. The molecule has 1 aliphatic heterocycles. The van der Waals surface area contributed by atoms with Crippen LogP contribution in [0.3, 0.4) is 0 Å². The van der Waals surface area contributed by atoms with Gasteiger partial charge in [0.1, 0.15) is 6.54 Å². The van der Waals surface area contributed by atoms with Gasteiger partial charge in [-0.3, -0.25) is 4.79 Å². The first kappa shape index (κ1) is 18.3. The van der Waals surface area contributed by atoms with Gasteiger partial charge in [0.15, 0.2) is 11.5 Å². The maximum absolute atomic E-state index is 13.1. The maximum atomic E-state index is 13.1. The molecule has 7 nitrogen and oxygen atoms in total. The highest BCUT2D eigenvalue weighted by molar-refractivity contribution is 5.75. The van der Waals surface area contributed by atoms with E-state index in [0.29, 0.717) is 18.8 Å². The van der Waals surface area contributed by atoms with E-state index in [1.54, 1.807) is 6.07 Å². The van der Waals surface area contributed by atoms with Crippen molar-refractivity contribution < 1.29 is 27.2 Å². The van der Waals surface area contributed by atoms with Crippen molar-refractivity contribution in [2.75, 3.05) is 6.61 Å². The topological polar surface area (TPSA) is 82.2 Å². The van der Waals surface area contributed by atoms with E-state index >= 15 is 0 Å². The molecule has 1 aliphatic rings. The first-order valence-electron chi connectivity index (χ1n) is 8.27. The van der Waals surface area contributed by atoms with Gasteiger partial charge in [0, 0.05) is 11.6 Å². The van der Waals surface area contributed by atoms with E-state index in [-0.39, 0.29) is 36.9 Å². The molecule has 26 heavy (non-hydrogen) atoms. The number of rotatable bonds is 5. The second-order valence-corrected chi connectivity index (χ2v) is 6.39. The summed E-state index contributed by atoms with van der Waals surface area (Å²) in [5.74, 6) is 0.176. The minimum Gasteiger partial charge on any atom is -0.478 e. The molecular weight excluding hydrogens is 353 g/mol. The largest absolute Gasteiger partial charge is 0.478 e. The predicted molar refractivity (Wildman–Crippen MR) is 83.5 cm³/mol. The Morgan fingerprint density at radius 1 is 1.42 bits per heavy atom. The van der Waals surface area contributed by atoms with Crippen LogP contribution in [0.25, 0.3) is 0 Å². The summed E-state index contributed by atoms with van der Waals surface area (Å²) in [6, 6.07) is 1.73. The molecule has 10 heteroatoms. The van der Waals surface area contributed by atoms with Crippen molar-refractivity contribution >= 4 is 5.91 Å². The number of alkyl halides is 3. The van der Waals surface area contributed by atoms with Gasteiger partial charge in [0.25, 0.3) is 0 Å². The fraction of sp³-hybridized carbons (Fsp3) is 0.562. The molecule has 2 aromatic rings. The van der Waals surface area contributed by atoms with Gasteiger partial charge < -0.3 is 14.6 Å². The molecule has 0 saturated carbocycles. The summed E-state index contributed by atoms with van der Waals surface area (Å²) >= 11 is 0. The summed E-state index contributed by atoms with van der Waals surface area (Å²) in [5.41, 5.74) is -0.219. The molecule has 0 saturated heterocycles. The molecule has 1 N–H and O–H groups in total. The van der Waals surface area contributed by atoms with Crippen LogP contribution in [0.4, 0.5) is 13.2 Å². The first-order valence-corrected chi connectivity index (χ1v) is 8.27. The van der Waals surface area contributed by atoms with Crippen molar-refractivity contribution in [2.24, 2.45) is 0 Å². The highest BCUT2D eigenvalue weighted by atomic mass is 19.4. The average Bonchev–Trinajstić information content (AvgIpc) is 3.18. The first-order chi connectivity index (χ1) is 12.3. The molecule has 3 rings (SSSR count). The van der Waals surface area contributed by atoms with Gasteiger partial charge in [-0.1, -0.05) is 19.0 Å². The monoisotopic (exact) mass is 372 g/mol. The Hall–Kier alpha value is -2.52. The Morgan fingerprint density at radius 2 is 2.19 bits per heavy atom. The molecule has 2 aromatic heterocycles. The van der Waals surface area contributed by atoms with Crippen molar-refractivity contribution in [1.82, 2.24) is 20.3 Å². The number of halogens is 3. The van der Waals surface area contributed by atoms with Crippen LogP contribution < -0.4 is 10.1 Å². The minimum atomic E-state index is -4.58. The van der Waals surface area contributed by atoms with Crippen LogP contribution in [0.15, 0.2) is 10.6 Å². The van der Waals surface area contributed by atoms with Gasteiger partial charge in [-0.25, -0.2) is 4.68 Å². The zero-order chi connectivity index (χ0) is 18.9. The molecular formula is C16H19F3N4O3. The number of nitrogens with zero attached hydrogens (tertiary/aromatic N) is 3. The summed E-state index contributed by atoms with van der Waals surface area (Å²) in [6.07, 6.45) is -3.88. The quantitative estimate of drug-likeness (QED) is 0.873. The molecule has 0 bridgehead atoms. The Balaban J connectivity index is 1.68. The Bertz CT molecular complexity index is 795. The molecule has 142 valence electrons. The van der Waals surface area contributed by atoms with Gasteiger partial charge >= 0.3 is 6.18 Å². The SMILES string of the molecule is CC(C)c1cc(CNC(=O)Cn2nc(C(F)(F)F)c3c2OCCC3)on1. The molecule has 0 aromatic carbocycles. The smallest absolute Gasteiger partial charge is 0.435 e. The number of aromatic nitrogens is 3. The number of carbonyl (C=O) groups is 1. The third kappa shape index (κ3) is 3.83. The second-order valence-electron chi connectivity index (χ2n) is 6.39. The molecule has 0 atom stereocenters. The van der Waals surface area contributed by atoms with Crippen molar-refractivity contribution in [3.8, 4) is 5.88 Å². The fourth-order valence-corrected chi connectivity index (χ4v) is 2.69. The molecule has 1 amide bonds. The van der Waals surface area contributed by atoms with Crippen molar-refractivity contribution in [3.05, 3.63) is 28.8 Å². The Kier molecular flexibility index (Phi) is 4.92. The molecule has 0 unspecified atom stereocenters. The number of carbonyl (C=O) groups excluding carboxylic acids is 1. The summed E-state index contributed by atoms with van der Waals surface area (Å²) in [5, 5.41) is 10.0. The number of hydrogen-bond donors (Lipinski definition) is 1. The van der Waals surface area contributed by atoms with Crippen LogP contribution in [0.2, 0.25) is 0 Å². The van der Waals surface area contributed by atoms with E-state index in [9.17, 15) is 18.0 Å². The van der Waals surface area contributed by atoms with Crippen molar-refractivity contribution in [1.29, 1.82) is 0 Å². The third-order valence-corrected chi connectivity index (χ3v) is 4.00. The van der Waals surface area contributed by atoms with E-state index in [0.717, 1.165) is 10.4 Å². The Morgan fingerprint density at radius 3 is 2.85 bits per heavy atom. The van der Waals surface area contributed by atoms with Crippen LogP contribution in [-0.4, -0.2) is 27.5 Å². The normalized spacial score (nSPS) is 14.2. The summed E-state index contributed by atoms with van der Waals surface area (Å²) in [7, 11) is 0. The van der Waals surface area contributed by atoms with Gasteiger partial charge in [-0.05, 0) is 18.8 Å². The lowest BCUT2D eigenvalue weighted by Crippen LogP contribution is -2.28. The summed E-state index contributed by atoms with van der Waals surface area (Å²) in [6.45, 7) is 3.94. The summed E-state index contributed by atoms with van der Waals surface area (Å²) in [4.78, 5) is 12.1. The number of nitrogens with one attached hydrogen (secondary N) is 1. The molecule has 0 fully saturated rings. The third-order valence-electron chi connectivity index (χ3n) is 4.00. The maximum Gasteiger partial charge on any atom is 0.435 e. The average molecular weight is 372 g/mol. The van der Waals surface area contributed by atoms with Crippen LogP contribution in [0.5, 0.6) is 5.88 Å². The van der Waals surface area contributed by atoms with Crippen molar-refractivity contribution in [3.63, 3.8) is 0 Å². The van der Waals surface area contributed by atoms with Crippen LogP contribution in [0, 0.1) is 0 Å². The molecule has 3 heterocycles. The van der Waals surface area contributed by atoms with Gasteiger partial charge in [-0.15, -0.1) is 0 Å². The number of ether oxygens (including phenoxy) is 1.